The highest BCUT2D eigenvalue weighted by molar-refractivity contribution is 5.50. The Balaban J connectivity index is 1.65. The third-order valence-electron chi connectivity index (χ3n) is 4.86. The Bertz CT molecular complexity index is 801. The van der Waals surface area contributed by atoms with Gasteiger partial charge in [-0.2, -0.15) is 18.3 Å². The number of benzene rings is 1. The molecule has 3 rings (SSSR count). The summed E-state index contributed by atoms with van der Waals surface area (Å²) in [5, 5.41) is 17.9. The molecule has 1 saturated heterocycles. The van der Waals surface area contributed by atoms with Gasteiger partial charge in [-0.1, -0.05) is 12.1 Å². The molecule has 28 heavy (non-hydrogen) atoms. The average molecular weight is 398 g/mol. The largest absolute Gasteiger partial charge is 0.416 e. The summed E-state index contributed by atoms with van der Waals surface area (Å²) in [6, 6.07) is 4.79. The van der Waals surface area contributed by atoms with Crippen molar-refractivity contribution in [2.45, 2.75) is 25.7 Å². The predicted octanol–water partition coefficient (Wildman–Crippen LogP) is 2.41. The van der Waals surface area contributed by atoms with Crippen LogP contribution >= 0.6 is 0 Å². The quantitative estimate of drug-likeness (QED) is 0.783. The van der Waals surface area contributed by atoms with E-state index in [2.05, 4.69) is 15.3 Å². The van der Waals surface area contributed by atoms with Gasteiger partial charge in [0.15, 0.2) is 0 Å². The van der Waals surface area contributed by atoms with Crippen LogP contribution in [0.4, 0.5) is 19.0 Å². The van der Waals surface area contributed by atoms with E-state index in [1.807, 2.05) is 18.7 Å². The maximum atomic E-state index is 12.9. The van der Waals surface area contributed by atoms with E-state index in [1.165, 1.54) is 12.1 Å². The number of rotatable bonds is 6. The Labute approximate surface area is 161 Å². The summed E-state index contributed by atoms with van der Waals surface area (Å²) in [6.07, 6.45) is -5.46. The van der Waals surface area contributed by atoms with E-state index in [-0.39, 0.29) is 12.1 Å². The molecular weight excluding hydrogens is 373 g/mol. The lowest BCUT2D eigenvalue weighted by Gasteiger charge is -2.29. The van der Waals surface area contributed by atoms with Gasteiger partial charge in [-0.05, 0) is 24.6 Å². The highest BCUT2D eigenvalue weighted by Gasteiger charge is 2.30. The minimum Gasteiger partial charge on any atom is -0.387 e. The van der Waals surface area contributed by atoms with Crippen LogP contribution in [0.25, 0.3) is 0 Å². The van der Waals surface area contributed by atoms with Gasteiger partial charge in [0.1, 0.15) is 5.82 Å². The summed E-state index contributed by atoms with van der Waals surface area (Å²) < 4.78 is 45.8. The number of morpholine rings is 1. The standard InChI is InChI=1S/C19H25F3N4O2/c1-13-16(18(25(2)24-13)26-6-8-28-9-7-26)11-23-12-17(27)14-4-3-5-15(10-14)19(20,21)22/h3-5,10,17,23,27H,6-9,11-12H2,1-2H3/t17-/m1/s1. The molecule has 0 radical (unpaired) electrons. The molecule has 1 aromatic carbocycles. The molecule has 1 atom stereocenters. The van der Waals surface area contributed by atoms with Crippen LogP contribution in [0.15, 0.2) is 24.3 Å². The van der Waals surface area contributed by atoms with Gasteiger partial charge in [-0.25, -0.2) is 0 Å². The zero-order chi connectivity index (χ0) is 20.3. The van der Waals surface area contributed by atoms with Crippen molar-refractivity contribution >= 4 is 5.82 Å². The topological polar surface area (TPSA) is 62.5 Å². The van der Waals surface area contributed by atoms with Crippen LogP contribution in [0, 0.1) is 6.92 Å². The molecule has 0 aliphatic carbocycles. The van der Waals surface area contributed by atoms with Crippen LogP contribution in [-0.2, 0) is 24.5 Å². The number of hydrogen-bond donors (Lipinski definition) is 2. The molecule has 1 aliphatic heterocycles. The number of aryl methyl sites for hydroxylation is 2. The molecule has 0 unspecified atom stereocenters. The number of ether oxygens (including phenoxy) is 1. The first-order valence-electron chi connectivity index (χ1n) is 9.18. The van der Waals surface area contributed by atoms with E-state index in [1.54, 1.807) is 0 Å². The number of aromatic nitrogens is 2. The lowest BCUT2D eigenvalue weighted by atomic mass is 10.1. The van der Waals surface area contributed by atoms with E-state index in [9.17, 15) is 18.3 Å². The highest BCUT2D eigenvalue weighted by atomic mass is 19.4. The normalized spacial score (nSPS) is 16.4. The summed E-state index contributed by atoms with van der Waals surface area (Å²) in [5.74, 6) is 1.00. The Morgan fingerprint density at radius 2 is 2.00 bits per heavy atom. The molecule has 9 heteroatoms. The maximum absolute atomic E-state index is 12.9. The van der Waals surface area contributed by atoms with E-state index in [0.717, 1.165) is 42.3 Å². The SMILES string of the molecule is Cc1nn(C)c(N2CCOCC2)c1CNC[C@@H](O)c1cccc(C(F)(F)F)c1. The summed E-state index contributed by atoms with van der Waals surface area (Å²) >= 11 is 0. The average Bonchev–Trinajstić information content (AvgIpc) is 2.95. The predicted molar refractivity (Wildman–Crippen MR) is 99.1 cm³/mol. The van der Waals surface area contributed by atoms with Crippen LogP contribution in [0.1, 0.15) is 28.5 Å². The number of aliphatic hydroxyl groups excluding tert-OH is 1. The van der Waals surface area contributed by atoms with Crippen molar-refractivity contribution in [3.05, 3.63) is 46.6 Å². The zero-order valence-corrected chi connectivity index (χ0v) is 16.0. The van der Waals surface area contributed by atoms with Gasteiger partial charge in [-0.3, -0.25) is 4.68 Å². The van der Waals surface area contributed by atoms with Crippen LogP contribution in [0.2, 0.25) is 0 Å². The van der Waals surface area contributed by atoms with Gasteiger partial charge < -0.3 is 20.1 Å². The number of anilines is 1. The zero-order valence-electron chi connectivity index (χ0n) is 16.0. The van der Waals surface area contributed by atoms with Crippen LogP contribution < -0.4 is 10.2 Å². The summed E-state index contributed by atoms with van der Waals surface area (Å²) in [6.45, 7) is 5.39. The third-order valence-corrected chi connectivity index (χ3v) is 4.86. The summed E-state index contributed by atoms with van der Waals surface area (Å²) in [4.78, 5) is 2.21. The molecular formula is C19H25F3N4O2. The fourth-order valence-corrected chi connectivity index (χ4v) is 3.44. The second kappa shape index (κ2) is 8.50. The molecule has 2 N–H and O–H groups in total. The summed E-state index contributed by atoms with van der Waals surface area (Å²) in [5.41, 5.74) is 1.37. The van der Waals surface area contributed by atoms with Crippen LogP contribution in [0.3, 0.4) is 0 Å². The number of nitrogens with zero attached hydrogens (tertiary/aromatic N) is 3. The molecule has 1 fully saturated rings. The van der Waals surface area contributed by atoms with E-state index in [0.29, 0.717) is 19.8 Å². The molecule has 0 spiro atoms. The summed E-state index contributed by atoms with van der Waals surface area (Å²) in [7, 11) is 1.89. The van der Waals surface area contributed by atoms with Crippen molar-refractivity contribution < 1.29 is 23.0 Å². The van der Waals surface area contributed by atoms with Crippen molar-refractivity contribution in [2.75, 3.05) is 37.7 Å². The van der Waals surface area contributed by atoms with Crippen molar-refractivity contribution in [1.82, 2.24) is 15.1 Å². The van der Waals surface area contributed by atoms with Gasteiger partial charge in [0.2, 0.25) is 0 Å². The van der Waals surface area contributed by atoms with Gasteiger partial charge in [0.05, 0.1) is 30.6 Å². The van der Waals surface area contributed by atoms with Crippen molar-refractivity contribution in [1.29, 1.82) is 0 Å². The molecule has 1 aromatic heterocycles. The van der Waals surface area contributed by atoms with Crippen molar-refractivity contribution in [3.8, 4) is 0 Å². The molecule has 1 aliphatic rings. The van der Waals surface area contributed by atoms with Gasteiger partial charge in [-0.15, -0.1) is 0 Å². The Kier molecular flexibility index (Phi) is 6.26. The maximum Gasteiger partial charge on any atom is 0.416 e. The fraction of sp³-hybridized carbons (Fsp3) is 0.526. The number of halogens is 3. The minimum atomic E-state index is -4.43. The van der Waals surface area contributed by atoms with Gasteiger partial charge in [0.25, 0.3) is 0 Å². The Morgan fingerprint density at radius 1 is 1.29 bits per heavy atom. The molecule has 0 saturated carbocycles. The molecule has 154 valence electrons. The van der Waals surface area contributed by atoms with Crippen molar-refractivity contribution in [3.63, 3.8) is 0 Å². The van der Waals surface area contributed by atoms with Gasteiger partial charge in [0, 0.05) is 38.8 Å². The lowest BCUT2D eigenvalue weighted by Crippen LogP contribution is -2.38. The number of alkyl halides is 3. The molecule has 2 aromatic rings. The Morgan fingerprint density at radius 3 is 2.68 bits per heavy atom. The number of aliphatic hydroxyl groups is 1. The first kappa shape index (κ1) is 20.6. The van der Waals surface area contributed by atoms with E-state index < -0.39 is 17.8 Å². The van der Waals surface area contributed by atoms with Gasteiger partial charge >= 0.3 is 6.18 Å². The van der Waals surface area contributed by atoms with E-state index >= 15 is 0 Å². The monoisotopic (exact) mass is 398 g/mol. The first-order valence-corrected chi connectivity index (χ1v) is 9.18. The first-order chi connectivity index (χ1) is 13.3. The molecule has 6 nitrogen and oxygen atoms in total. The second-order valence-electron chi connectivity index (χ2n) is 6.88. The molecule has 0 bridgehead atoms. The second-order valence-corrected chi connectivity index (χ2v) is 6.88. The van der Waals surface area contributed by atoms with E-state index in [4.69, 9.17) is 4.74 Å². The minimum absolute atomic E-state index is 0.137. The third kappa shape index (κ3) is 4.65. The number of nitrogens with one attached hydrogen (secondary N) is 1. The molecule has 2 heterocycles. The van der Waals surface area contributed by atoms with Crippen LogP contribution in [-0.4, -0.2) is 47.7 Å². The smallest absolute Gasteiger partial charge is 0.387 e. The Hall–Kier alpha value is -2.10. The van der Waals surface area contributed by atoms with Crippen LogP contribution in [0.5, 0.6) is 0 Å². The fourth-order valence-electron chi connectivity index (χ4n) is 3.44. The van der Waals surface area contributed by atoms with Crippen molar-refractivity contribution in [2.24, 2.45) is 7.05 Å². The highest BCUT2D eigenvalue weighted by Crippen LogP contribution is 2.31. The number of hydrogen-bond acceptors (Lipinski definition) is 5. The lowest BCUT2D eigenvalue weighted by molar-refractivity contribution is -0.137. The molecule has 0 amide bonds.